The van der Waals surface area contributed by atoms with Gasteiger partial charge in [-0.15, -0.1) is 0 Å². The van der Waals surface area contributed by atoms with Crippen LogP contribution in [0.5, 0.6) is 11.5 Å². The van der Waals surface area contributed by atoms with Crippen molar-refractivity contribution < 1.29 is 59.3 Å². The molecule has 0 saturated heterocycles. The minimum atomic E-state index is -5.57. The van der Waals surface area contributed by atoms with Crippen LogP contribution < -0.4 is 20.5 Å². The second-order valence-corrected chi connectivity index (χ2v) is 10.9. The summed E-state index contributed by atoms with van der Waals surface area (Å²) in [5, 5.41) is 12.9. The normalized spacial score (nSPS) is 17.5. The number of pyridine rings is 2. The number of hydrogen-bond acceptors (Lipinski definition) is 7. The van der Waals surface area contributed by atoms with Crippen molar-refractivity contribution in [2.45, 2.75) is 30.3 Å². The molecule has 2 aromatic carbocycles. The van der Waals surface area contributed by atoms with Crippen molar-refractivity contribution in [1.82, 2.24) is 15.3 Å². The maximum absolute atomic E-state index is 14.7. The molecule has 0 saturated carbocycles. The van der Waals surface area contributed by atoms with Crippen LogP contribution in [0.3, 0.4) is 0 Å². The molecule has 0 bridgehead atoms. The number of carbonyl (C=O) groups is 2. The average molecular weight is 671 g/mol. The number of benzene rings is 2. The first-order valence-electron chi connectivity index (χ1n) is 13.4. The van der Waals surface area contributed by atoms with E-state index in [9.17, 15) is 49.8 Å². The van der Waals surface area contributed by atoms with E-state index >= 15 is 0 Å². The molecule has 9 nitrogen and oxygen atoms in total. The predicted octanol–water partition coefficient (Wildman–Crippen LogP) is 4.92. The van der Waals surface area contributed by atoms with Gasteiger partial charge in [0, 0.05) is 28.3 Å². The highest BCUT2D eigenvalue weighted by Crippen LogP contribution is 2.48. The summed E-state index contributed by atoms with van der Waals surface area (Å²) >= 11 is 0. The number of halogens is 8. The Hall–Kier alpha value is -5.06. The number of carbonyl (C=O) groups excluding carboxylic acids is 2. The summed E-state index contributed by atoms with van der Waals surface area (Å²) in [5.41, 5.74) is -4.10. The zero-order valence-corrected chi connectivity index (χ0v) is 24.1. The molecule has 17 heteroatoms. The molecule has 1 aliphatic heterocycles. The summed E-state index contributed by atoms with van der Waals surface area (Å²) in [5.74, 6) is -5.41. The molecule has 4 aromatic rings. The summed E-state index contributed by atoms with van der Waals surface area (Å²) in [4.78, 5) is 33.1. The minimum absolute atomic E-state index is 0.0735. The molecule has 2 aromatic heterocycles. The van der Waals surface area contributed by atoms with E-state index in [-0.39, 0.29) is 33.5 Å². The highest BCUT2D eigenvalue weighted by atomic mass is 19.4. The third-order valence-electron chi connectivity index (χ3n) is 7.76. The lowest BCUT2D eigenvalue weighted by Crippen LogP contribution is -2.51. The van der Waals surface area contributed by atoms with Crippen LogP contribution in [0.4, 0.5) is 35.1 Å². The van der Waals surface area contributed by atoms with E-state index in [4.69, 9.17) is 15.2 Å². The minimum Gasteiger partial charge on any atom is -0.494 e. The molecule has 1 unspecified atom stereocenters. The van der Waals surface area contributed by atoms with Gasteiger partial charge in [0.2, 0.25) is 11.5 Å². The number of nitrogens with two attached hydrogens (primary N) is 1. The fourth-order valence-electron chi connectivity index (χ4n) is 4.94. The quantitative estimate of drug-likeness (QED) is 0.238. The number of rotatable bonds is 7. The molecule has 4 N–H and O–H groups in total. The Labute approximate surface area is 259 Å². The molecular weight excluding hydrogens is 648 g/mol. The van der Waals surface area contributed by atoms with Gasteiger partial charge in [-0.25, -0.2) is 13.8 Å². The van der Waals surface area contributed by atoms with Gasteiger partial charge in [-0.2, -0.15) is 26.3 Å². The Balaban J connectivity index is 1.60. The second-order valence-electron chi connectivity index (χ2n) is 10.9. The standard InChI is InChI=1S/C30H22F8N4O5/c1-27(26(39)44)12-47-24-17(27)9-21(42-23(24)13-3-4-18(31)19(32)7-13)28(45,30(36,37)38)11-41-25(43)15-5-14-6-16(29(33,34)35)10-40-22(14)20(8-15)46-2/h3-10,45H,11-12H2,1-2H3,(H2,39,44)(H,41,43)/t27-,28?/m0/s1. The Kier molecular flexibility index (Phi) is 8.03. The van der Waals surface area contributed by atoms with Crippen LogP contribution in [-0.2, 0) is 22.0 Å². The predicted molar refractivity (Wildman–Crippen MR) is 147 cm³/mol. The zero-order chi connectivity index (χ0) is 34.7. The highest BCUT2D eigenvalue weighted by Gasteiger charge is 2.57. The lowest BCUT2D eigenvalue weighted by molar-refractivity contribution is -0.265. The molecule has 3 heterocycles. The molecule has 0 aliphatic carbocycles. The van der Waals surface area contributed by atoms with Gasteiger partial charge in [-0.05, 0) is 49.4 Å². The van der Waals surface area contributed by atoms with Crippen molar-refractivity contribution in [1.29, 1.82) is 0 Å². The Bertz CT molecular complexity index is 1930. The topological polar surface area (TPSA) is 137 Å². The maximum atomic E-state index is 14.7. The first kappa shape index (κ1) is 33.3. The second kappa shape index (κ2) is 11.3. The van der Waals surface area contributed by atoms with Gasteiger partial charge in [0.25, 0.3) is 5.91 Å². The van der Waals surface area contributed by atoms with E-state index in [0.29, 0.717) is 30.5 Å². The molecule has 47 heavy (non-hydrogen) atoms. The van der Waals surface area contributed by atoms with Crippen LogP contribution in [-0.4, -0.2) is 53.3 Å². The van der Waals surface area contributed by atoms with Crippen molar-refractivity contribution >= 4 is 22.7 Å². The number of alkyl halides is 6. The summed E-state index contributed by atoms with van der Waals surface area (Å²) in [6, 6.07) is 5.61. The van der Waals surface area contributed by atoms with Gasteiger partial charge in [0.05, 0.1) is 24.9 Å². The number of ether oxygens (including phenoxy) is 2. The molecule has 0 radical (unpaired) electrons. The summed E-state index contributed by atoms with van der Waals surface area (Å²) in [7, 11) is 1.13. The van der Waals surface area contributed by atoms with E-state index in [0.717, 1.165) is 25.3 Å². The fraction of sp³-hybridized carbons (Fsp3) is 0.267. The number of amides is 2. The number of nitrogens with one attached hydrogen (secondary N) is 1. The fourth-order valence-corrected chi connectivity index (χ4v) is 4.94. The van der Waals surface area contributed by atoms with Gasteiger partial charge in [0.1, 0.15) is 34.7 Å². The Morgan fingerprint density at radius 2 is 1.77 bits per heavy atom. The van der Waals surface area contributed by atoms with Gasteiger partial charge in [-0.1, -0.05) is 0 Å². The Morgan fingerprint density at radius 3 is 2.36 bits per heavy atom. The van der Waals surface area contributed by atoms with Gasteiger partial charge in [-0.3, -0.25) is 14.6 Å². The van der Waals surface area contributed by atoms with Crippen molar-refractivity contribution in [3.8, 4) is 22.8 Å². The van der Waals surface area contributed by atoms with Crippen molar-refractivity contribution in [2.75, 3.05) is 20.3 Å². The van der Waals surface area contributed by atoms with Crippen LogP contribution in [0, 0.1) is 11.6 Å². The average Bonchev–Trinajstić information content (AvgIpc) is 3.36. The van der Waals surface area contributed by atoms with Crippen molar-refractivity contribution in [2.24, 2.45) is 5.73 Å². The number of hydrogen-bond donors (Lipinski definition) is 3. The summed E-state index contributed by atoms with van der Waals surface area (Å²) in [6.07, 6.45) is -9.82. The first-order chi connectivity index (χ1) is 21.8. The van der Waals surface area contributed by atoms with E-state index in [2.05, 4.69) is 9.97 Å². The molecule has 248 valence electrons. The van der Waals surface area contributed by atoms with E-state index in [1.807, 2.05) is 5.32 Å². The van der Waals surface area contributed by atoms with Crippen molar-refractivity contribution in [3.05, 3.63) is 82.7 Å². The lowest BCUT2D eigenvalue weighted by atomic mass is 9.81. The van der Waals surface area contributed by atoms with Crippen molar-refractivity contribution in [3.63, 3.8) is 0 Å². The third kappa shape index (κ3) is 5.75. The van der Waals surface area contributed by atoms with Crippen LogP contribution in [0.15, 0.2) is 48.7 Å². The molecule has 0 fully saturated rings. The van der Waals surface area contributed by atoms with E-state index in [1.54, 1.807) is 0 Å². The van der Waals surface area contributed by atoms with Gasteiger partial charge < -0.3 is 25.6 Å². The van der Waals surface area contributed by atoms with Gasteiger partial charge >= 0.3 is 12.4 Å². The number of aliphatic hydroxyl groups is 1. The number of fused-ring (bicyclic) bond motifs is 2. The number of primary amides is 1. The molecule has 5 rings (SSSR count). The maximum Gasteiger partial charge on any atom is 0.424 e. The van der Waals surface area contributed by atoms with Crippen LogP contribution in [0.25, 0.3) is 22.2 Å². The number of methoxy groups -OCH3 is 1. The van der Waals surface area contributed by atoms with E-state index in [1.165, 1.54) is 6.92 Å². The lowest BCUT2D eigenvalue weighted by Gasteiger charge is -2.31. The SMILES string of the molecule is COc1cc(C(=O)NCC(O)(c2cc3c(c(-c4ccc(F)c(F)c4)n2)OC[C@]3(C)C(N)=O)C(F)(F)F)cc2cc(C(F)(F)F)cnc12. The largest absolute Gasteiger partial charge is 0.494 e. The summed E-state index contributed by atoms with van der Waals surface area (Å²) < 4.78 is 122. The van der Waals surface area contributed by atoms with Crippen LogP contribution >= 0.6 is 0 Å². The first-order valence-corrected chi connectivity index (χ1v) is 13.4. The number of aromatic nitrogens is 2. The van der Waals surface area contributed by atoms with Crippen LogP contribution in [0.1, 0.15) is 34.1 Å². The molecule has 2 atom stereocenters. The van der Waals surface area contributed by atoms with Crippen LogP contribution in [0.2, 0.25) is 0 Å². The Morgan fingerprint density at radius 1 is 1.06 bits per heavy atom. The molecule has 2 amide bonds. The monoisotopic (exact) mass is 670 g/mol. The number of nitrogens with zero attached hydrogens (tertiary/aromatic N) is 2. The van der Waals surface area contributed by atoms with Gasteiger partial charge in [0.15, 0.2) is 11.6 Å². The third-order valence-corrected chi connectivity index (χ3v) is 7.76. The smallest absolute Gasteiger partial charge is 0.424 e. The summed E-state index contributed by atoms with van der Waals surface area (Å²) in [6.45, 7) is -0.816. The zero-order valence-electron chi connectivity index (χ0n) is 24.1. The van der Waals surface area contributed by atoms with E-state index < -0.39 is 82.5 Å². The molecular formula is C30H22F8N4O5. The highest BCUT2D eigenvalue weighted by molar-refractivity contribution is 6.00. The molecule has 1 aliphatic rings. The molecule has 0 spiro atoms.